The average molecular weight is 352 g/mol. The first-order valence-electron chi connectivity index (χ1n) is 9.00. The number of nitrogens with one attached hydrogen (secondary N) is 1. The molecule has 0 aromatic heterocycles. The van der Waals surface area contributed by atoms with Crippen molar-refractivity contribution in [2.75, 3.05) is 13.1 Å². The smallest absolute Gasteiger partial charge is 0.222 e. The van der Waals surface area contributed by atoms with Crippen LogP contribution in [-0.2, 0) is 9.59 Å². The quantitative estimate of drug-likeness (QED) is 0.805. The van der Waals surface area contributed by atoms with E-state index in [0.717, 1.165) is 24.1 Å². The van der Waals surface area contributed by atoms with Gasteiger partial charge in [0, 0.05) is 25.9 Å². The van der Waals surface area contributed by atoms with Crippen LogP contribution in [0.4, 0.5) is 0 Å². The lowest BCUT2D eigenvalue weighted by atomic mass is 9.95. The molecular weight excluding hydrogens is 328 g/mol. The van der Waals surface area contributed by atoms with Crippen molar-refractivity contribution in [2.45, 2.75) is 31.4 Å². The number of nitrogens with zero attached hydrogens (tertiary/aromatic N) is 1. The van der Waals surface area contributed by atoms with E-state index in [4.69, 9.17) is 0 Å². The van der Waals surface area contributed by atoms with Crippen LogP contribution in [0.5, 0.6) is 0 Å². The number of rotatable bonds is 7. The van der Waals surface area contributed by atoms with Gasteiger partial charge in [0.15, 0.2) is 0 Å². The van der Waals surface area contributed by atoms with Crippen molar-refractivity contribution in [1.29, 1.82) is 0 Å². The minimum atomic E-state index is -0.851. The first kappa shape index (κ1) is 18.1. The molecule has 0 radical (unpaired) electrons. The highest BCUT2D eigenvalue weighted by Crippen LogP contribution is 2.28. The van der Waals surface area contributed by atoms with E-state index >= 15 is 0 Å². The number of carbonyl (C=O) groups is 2. The van der Waals surface area contributed by atoms with E-state index in [1.807, 2.05) is 60.7 Å². The summed E-state index contributed by atoms with van der Waals surface area (Å²) in [5, 5.41) is 13.8. The summed E-state index contributed by atoms with van der Waals surface area (Å²) in [6, 6.07) is 18.2. The van der Waals surface area contributed by atoms with Crippen LogP contribution in [0.1, 0.15) is 42.5 Å². The van der Waals surface area contributed by atoms with Crippen molar-refractivity contribution in [2.24, 2.45) is 0 Å². The second-order valence-electron chi connectivity index (χ2n) is 6.55. The molecule has 5 nitrogen and oxygen atoms in total. The predicted octanol–water partition coefficient (Wildman–Crippen LogP) is 2.59. The van der Waals surface area contributed by atoms with Crippen LogP contribution in [-0.4, -0.2) is 34.9 Å². The molecule has 0 unspecified atom stereocenters. The molecule has 1 saturated heterocycles. The zero-order chi connectivity index (χ0) is 18.4. The van der Waals surface area contributed by atoms with Crippen LogP contribution in [0.3, 0.4) is 0 Å². The molecule has 5 heteroatoms. The lowest BCUT2D eigenvalue weighted by Crippen LogP contribution is -2.35. The fourth-order valence-corrected chi connectivity index (χ4v) is 3.27. The largest absolute Gasteiger partial charge is 0.386 e. The minimum Gasteiger partial charge on any atom is -0.386 e. The van der Waals surface area contributed by atoms with Crippen molar-refractivity contribution in [3.05, 3.63) is 71.8 Å². The van der Waals surface area contributed by atoms with Crippen molar-refractivity contribution >= 4 is 11.8 Å². The fraction of sp³-hybridized carbons (Fsp3) is 0.333. The highest BCUT2D eigenvalue weighted by molar-refractivity contribution is 5.80. The third-order valence-electron chi connectivity index (χ3n) is 4.71. The molecule has 136 valence electrons. The van der Waals surface area contributed by atoms with Crippen molar-refractivity contribution in [3.8, 4) is 0 Å². The molecule has 2 aromatic carbocycles. The molecule has 2 atom stereocenters. The molecule has 1 heterocycles. The Morgan fingerprint density at radius 1 is 1.04 bits per heavy atom. The number of aliphatic hydroxyl groups is 1. The summed E-state index contributed by atoms with van der Waals surface area (Å²) in [5.41, 5.74) is 1.59. The molecule has 0 aliphatic carbocycles. The van der Waals surface area contributed by atoms with Gasteiger partial charge in [-0.05, 0) is 17.5 Å². The SMILES string of the molecule is O=C(CCN1CCCC1=O)N[C@@H](c1ccccc1)[C@H](O)c1ccccc1. The standard InChI is InChI=1S/C21H24N2O3/c24-18(13-15-23-14-7-12-19(23)25)22-20(16-8-3-1-4-9-16)21(26)17-10-5-2-6-11-17/h1-6,8-11,20-21,26H,7,12-15H2,(H,22,24)/t20-,21+/m0/s1. The molecule has 2 N–H and O–H groups in total. The first-order valence-corrected chi connectivity index (χ1v) is 9.00. The second-order valence-corrected chi connectivity index (χ2v) is 6.55. The van der Waals surface area contributed by atoms with Crippen LogP contribution < -0.4 is 5.32 Å². The molecule has 0 saturated carbocycles. The number of hydrogen-bond acceptors (Lipinski definition) is 3. The van der Waals surface area contributed by atoms with Crippen molar-refractivity contribution in [3.63, 3.8) is 0 Å². The number of amides is 2. The van der Waals surface area contributed by atoms with Gasteiger partial charge in [0.1, 0.15) is 6.10 Å². The summed E-state index contributed by atoms with van der Waals surface area (Å²) in [6.07, 6.45) is 0.813. The van der Waals surface area contributed by atoms with E-state index in [9.17, 15) is 14.7 Å². The van der Waals surface area contributed by atoms with E-state index in [1.54, 1.807) is 4.90 Å². The minimum absolute atomic E-state index is 0.113. The van der Waals surface area contributed by atoms with Crippen molar-refractivity contribution < 1.29 is 14.7 Å². The van der Waals surface area contributed by atoms with Gasteiger partial charge < -0.3 is 15.3 Å². The molecule has 1 aliphatic rings. The van der Waals surface area contributed by atoms with Gasteiger partial charge in [-0.25, -0.2) is 0 Å². The van der Waals surface area contributed by atoms with Crippen LogP contribution in [0.15, 0.2) is 60.7 Å². The first-order chi connectivity index (χ1) is 12.6. The Kier molecular flexibility index (Phi) is 6.02. The lowest BCUT2D eigenvalue weighted by Gasteiger charge is -2.25. The van der Waals surface area contributed by atoms with Crippen LogP contribution >= 0.6 is 0 Å². The van der Waals surface area contributed by atoms with Crippen LogP contribution in [0.25, 0.3) is 0 Å². The third-order valence-corrected chi connectivity index (χ3v) is 4.71. The van der Waals surface area contributed by atoms with Crippen LogP contribution in [0, 0.1) is 0 Å². The predicted molar refractivity (Wildman–Crippen MR) is 99.2 cm³/mol. The molecule has 2 aromatic rings. The highest BCUT2D eigenvalue weighted by Gasteiger charge is 2.25. The zero-order valence-corrected chi connectivity index (χ0v) is 14.7. The monoisotopic (exact) mass is 352 g/mol. The van der Waals surface area contributed by atoms with E-state index in [-0.39, 0.29) is 18.2 Å². The number of aliphatic hydroxyl groups excluding tert-OH is 1. The normalized spacial score (nSPS) is 16.3. The summed E-state index contributed by atoms with van der Waals surface area (Å²) in [7, 11) is 0. The van der Waals surface area contributed by atoms with E-state index < -0.39 is 12.1 Å². The topological polar surface area (TPSA) is 69.6 Å². The second kappa shape index (κ2) is 8.63. The Hall–Kier alpha value is -2.66. The van der Waals surface area contributed by atoms with Gasteiger partial charge in [-0.2, -0.15) is 0 Å². The third kappa shape index (κ3) is 4.49. The van der Waals surface area contributed by atoms with Gasteiger partial charge in [0.2, 0.25) is 11.8 Å². The summed E-state index contributed by atoms with van der Waals surface area (Å²) in [6.45, 7) is 1.15. The molecular formula is C21H24N2O3. The summed E-state index contributed by atoms with van der Waals surface area (Å²) >= 11 is 0. The Morgan fingerprint density at radius 2 is 1.65 bits per heavy atom. The highest BCUT2D eigenvalue weighted by atomic mass is 16.3. The number of carbonyl (C=O) groups excluding carboxylic acids is 2. The Labute approximate surface area is 153 Å². The zero-order valence-electron chi connectivity index (χ0n) is 14.7. The van der Waals surface area contributed by atoms with Gasteiger partial charge in [-0.15, -0.1) is 0 Å². The van der Waals surface area contributed by atoms with E-state index in [0.29, 0.717) is 13.0 Å². The Balaban J connectivity index is 1.69. The lowest BCUT2D eigenvalue weighted by molar-refractivity contribution is -0.128. The van der Waals surface area contributed by atoms with Gasteiger partial charge in [0.05, 0.1) is 6.04 Å². The molecule has 3 rings (SSSR count). The Bertz CT molecular complexity index is 733. The summed E-state index contributed by atoms with van der Waals surface area (Å²) in [5.74, 6) is -0.0599. The summed E-state index contributed by atoms with van der Waals surface area (Å²) < 4.78 is 0. The molecule has 2 amide bonds. The molecule has 1 fully saturated rings. The van der Waals surface area contributed by atoms with Gasteiger partial charge in [-0.3, -0.25) is 9.59 Å². The van der Waals surface area contributed by atoms with E-state index in [1.165, 1.54) is 0 Å². The molecule has 0 spiro atoms. The van der Waals surface area contributed by atoms with Gasteiger partial charge in [-0.1, -0.05) is 60.7 Å². The van der Waals surface area contributed by atoms with Gasteiger partial charge >= 0.3 is 0 Å². The van der Waals surface area contributed by atoms with E-state index in [2.05, 4.69) is 5.32 Å². The molecule has 1 aliphatic heterocycles. The Morgan fingerprint density at radius 3 is 2.23 bits per heavy atom. The molecule has 26 heavy (non-hydrogen) atoms. The summed E-state index contributed by atoms with van der Waals surface area (Å²) in [4.78, 5) is 25.9. The average Bonchev–Trinajstić information content (AvgIpc) is 3.10. The molecule has 0 bridgehead atoms. The fourth-order valence-electron chi connectivity index (χ4n) is 3.27. The maximum atomic E-state index is 12.5. The van der Waals surface area contributed by atoms with Crippen LogP contribution in [0.2, 0.25) is 0 Å². The number of hydrogen-bond donors (Lipinski definition) is 2. The van der Waals surface area contributed by atoms with Crippen molar-refractivity contribution in [1.82, 2.24) is 10.2 Å². The number of benzene rings is 2. The van der Waals surface area contributed by atoms with Gasteiger partial charge in [0.25, 0.3) is 0 Å². The maximum Gasteiger partial charge on any atom is 0.222 e. The number of likely N-dealkylation sites (tertiary alicyclic amines) is 1. The maximum absolute atomic E-state index is 12.5.